The first-order valence-corrected chi connectivity index (χ1v) is 10.5. The van der Waals surface area contributed by atoms with Gasteiger partial charge in [-0.3, -0.25) is 4.79 Å². The maximum Gasteiger partial charge on any atom is 0.224 e. The van der Waals surface area contributed by atoms with Crippen LogP contribution in [-0.4, -0.2) is 47.0 Å². The van der Waals surface area contributed by atoms with Crippen LogP contribution in [0, 0.1) is 11.7 Å². The summed E-state index contributed by atoms with van der Waals surface area (Å²) in [5, 5.41) is 0. The topological polar surface area (TPSA) is 58.6 Å². The molecule has 2 aromatic rings. The molecule has 6 nitrogen and oxygen atoms in total. The van der Waals surface area contributed by atoms with Crippen molar-refractivity contribution in [1.82, 2.24) is 14.9 Å². The van der Waals surface area contributed by atoms with Gasteiger partial charge >= 0.3 is 0 Å². The first-order chi connectivity index (χ1) is 14.2. The molecule has 7 heteroatoms. The van der Waals surface area contributed by atoms with Crippen molar-refractivity contribution in [2.75, 3.05) is 31.1 Å². The zero-order valence-electron chi connectivity index (χ0n) is 16.6. The van der Waals surface area contributed by atoms with Gasteiger partial charge in [-0.05, 0) is 24.5 Å². The minimum atomic E-state index is -0.356. The Bertz CT molecular complexity index is 833. The van der Waals surface area contributed by atoms with E-state index in [-0.39, 0.29) is 11.7 Å². The lowest BCUT2D eigenvalue weighted by Crippen LogP contribution is -2.49. The number of amides is 1. The van der Waals surface area contributed by atoms with Crippen molar-refractivity contribution in [1.29, 1.82) is 0 Å². The Labute approximate surface area is 170 Å². The number of halogens is 1. The van der Waals surface area contributed by atoms with E-state index in [1.165, 1.54) is 44.1 Å². The van der Waals surface area contributed by atoms with E-state index in [9.17, 15) is 9.18 Å². The molecule has 1 aliphatic heterocycles. The highest BCUT2D eigenvalue weighted by atomic mass is 19.1. The highest BCUT2D eigenvalue weighted by molar-refractivity contribution is 5.76. The summed E-state index contributed by atoms with van der Waals surface area (Å²) >= 11 is 0. The fourth-order valence-corrected chi connectivity index (χ4v) is 4.18. The summed E-state index contributed by atoms with van der Waals surface area (Å²) in [7, 11) is 0. The number of piperazine rings is 1. The summed E-state index contributed by atoms with van der Waals surface area (Å²) in [6, 6.07) is 7.71. The Morgan fingerprint density at radius 1 is 1.10 bits per heavy atom. The lowest BCUT2D eigenvalue weighted by Gasteiger charge is -2.35. The molecule has 2 fully saturated rings. The molecule has 29 heavy (non-hydrogen) atoms. The maximum atomic E-state index is 13.3. The third-order valence-electron chi connectivity index (χ3n) is 5.84. The normalized spacial score (nSPS) is 17.6. The number of aromatic nitrogens is 2. The van der Waals surface area contributed by atoms with Crippen molar-refractivity contribution in [3.8, 4) is 11.6 Å². The summed E-state index contributed by atoms with van der Waals surface area (Å²) in [5.74, 6) is 2.19. The van der Waals surface area contributed by atoms with Gasteiger partial charge in [-0.15, -0.1) is 0 Å². The molecule has 0 spiro atoms. The van der Waals surface area contributed by atoms with Gasteiger partial charge in [0, 0.05) is 44.7 Å². The largest absolute Gasteiger partial charge is 0.439 e. The molecule has 2 heterocycles. The third-order valence-corrected chi connectivity index (χ3v) is 5.84. The molecule has 0 unspecified atom stereocenters. The average Bonchev–Trinajstić information content (AvgIpc) is 3.26. The second kappa shape index (κ2) is 9.20. The predicted octanol–water partition coefficient (Wildman–Crippen LogP) is 4.03. The Balaban J connectivity index is 1.29. The van der Waals surface area contributed by atoms with Crippen molar-refractivity contribution in [2.45, 2.75) is 38.5 Å². The van der Waals surface area contributed by atoms with Crippen molar-refractivity contribution < 1.29 is 13.9 Å². The smallest absolute Gasteiger partial charge is 0.224 e. The number of hydrogen-bond acceptors (Lipinski definition) is 5. The highest BCUT2D eigenvalue weighted by Crippen LogP contribution is 2.29. The Hall–Kier alpha value is -2.70. The summed E-state index contributed by atoms with van der Waals surface area (Å²) in [6.07, 6.45) is 8.37. The van der Waals surface area contributed by atoms with E-state index in [0.29, 0.717) is 31.1 Å². The van der Waals surface area contributed by atoms with E-state index >= 15 is 0 Å². The minimum Gasteiger partial charge on any atom is -0.439 e. The van der Waals surface area contributed by atoms with Gasteiger partial charge in [0.25, 0.3) is 0 Å². The van der Waals surface area contributed by atoms with Crippen LogP contribution in [0.3, 0.4) is 0 Å². The van der Waals surface area contributed by atoms with Gasteiger partial charge in [-0.2, -0.15) is 0 Å². The lowest BCUT2D eigenvalue weighted by atomic mass is 10.0. The molecular weight excluding hydrogens is 371 g/mol. The van der Waals surface area contributed by atoms with Crippen LogP contribution in [0.4, 0.5) is 10.2 Å². The van der Waals surface area contributed by atoms with Crippen LogP contribution in [-0.2, 0) is 4.79 Å². The van der Waals surface area contributed by atoms with Gasteiger partial charge < -0.3 is 14.5 Å². The molecule has 1 aliphatic carbocycles. The van der Waals surface area contributed by atoms with Gasteiger partial charge in [0.1, 0.15) is 23.7 Å². The van der Waals surface area contributed by atoms with Crippen LogP contribution in [0.1, 0.15) is 38.5 Å². The third kappa shape index (κ3) is 5.22. The molecular formula is C22H27FN4O2. The summed E-state index contributed by atoms with van der Waals surface area (Å²) in [4.78, 5) is 25.1. The number of carbonyl (C=O) groups excluding carboxylic acids is 1. The molecule has 2 aliphatic rings. The summed E-state index contributed by atoms with van der Waals surface area (Å²) < 4.78 is 19.0. The molecule has 154 valence electrons. The van der Waals surface area contributed by atoms with Crippen LogP contribution < -0.4 is 9.64 Å². The van der Waals surface area contributed by atoms with E-state index in [2.05, 4.69) is 14.9 Å². The fraction of sp³-hybridized carbons (Fsp3) is 0.500. The van der Waals surface area contributed by atoms with Crippen molar-refractivity contribution in [2.24, 2.45) is 5.92 Å². The second-order valence-corrected chi connectivity index (χ2v) is 7.83. The molecule has 1 aromatic carbocycles. The Morgan fingerprint density at radius 3 is 2.66 bits per heavy atom. The van der Waals surface area contributed by atoms with Gasteiger partial charge in [0.2, 0.25) is 11.8 Å². The Morgan fingerprint density at radius 2 is 1.90 bits per heavy atom. The van der Waals surface area contributed by atoms with E-state index < -0.39 is 0 Å². The van der Waals surface area contributed by atoms with Gasteiger partial charge in [-0.1, -0.05) is 31.7 Å². The SMILES string of the molecule is O=C(CCC1CCCC1)N1CCN(c2cc(Oc3cccc(F)c3)ncn2)CC1. The number of carbonyl (C=O) groups is 1. The number of nitrogens with zero attached hydrogens (tertiary/aromatic N) is 4. The lowest BCUT2D eigenvalue weighted by molar-refractivity contribution is -0.131. The molecule has 0 N–H and O–H groups in total. The number of hydrogen-bond donors (Lipinski definition) is 0. The molecule has 1 saturated heterocycles. The minimum absolute atomic E-state index is 0.273. The van der Waals surface area contributed by atoms with Gasteiger partial charge in [0.05, 0.1) is 0 Å². The maximum absolute atomic E-state index is 13.3. The fourth-order valence-electron chi connectivity index (χ4n) is 4.18. The first-order valence-electron chi connectivity index (χ1n) is 10.5. The van der Waals surface area contributed by atoms with Crippen LogP contribution >= 0.6 is 0 Å². The van der Waals surface area contributed by atoms with E-state index in [4.69, 9.17) is 4.74 Å². The molecule has 0 bridgehead atoms. The number of benzene rings is 1. The first kappa shape index (κ1) is 19.6. The molecule has 1 amide bonds. The molecule has 0 atom stereocenters. The van der Waals surface area contributed by atoms with E-state index in [0.717, 1.165) is 31.2 Å². The predicted molar refractivity (Wildman–Crippen MR) is 108 cm³/mol. The number of anilines is 1. The molecule has 1 aromatic heterocycles. The van der Waals surface area contributed by atoms with Crippen molar-refractivity contribution in [3.05, 3.63) is 42.5 Å². The van der Waals surface area contributed by atoms with Crippen molar-refractivity contribution >= 4 is 11.7 Å². The average molecular weight is 398 g/mol. The second-order valence-electron chi connectivity index (χ2n) is 7.83. The molecule has 1 saturated carbocycles. The monoisotopic (exact) mass is 398 g/mol. The summed E-state index contributed by atoms with van der Waals surface area (Å²) in [6.45, 7) is 2.86. The standard InChI is InChI=1S/C22H27FN4O2/c23-18-6-3-7-19(14-18)29-21-15-20(24-16-25-21)26-10-12-27(13-11-26)22(28)9-8-17-4-1-2-5-17/h3,6-7,14-17H,1-2,4-5,8-13H2. The zero-order chi connectivity index (χ0) is 20.1. The number of ether oxygens (including phenoxy) is 1. The van der Waals surface area contributed by atoms with Crippen LogP contribution in [0.5, 0.6) is 11.6 Å². The summed E-state index contributed by atoms with van der Waals surface area (Å²) in [5.41, 5.74) is 0. The number of rotatable bonds is 6. The van der Waals surface area contributed by atoms with Crippen LogP contribution in [0.15, 0.2) is 36.7 Å². The molecule has 0 radical (unpaired) electrons. The van der Waals surface area contributed by atoms with Gasteiger partial charge in [-0.25, -0.2) is 14.4 Å². The van der Waals surface area contributed by atoms with Crippen LogP contribution in [0.2, 0.25) is 0 Å². The zero-order valence-corrected chi connectivity index (χ0v) is 16.6. The molecule has 4 rings (SSSR count). The van der Waals surface area contributed by atoms with Crippen LogP contribution in [0.25, 0.3) is 0 Å². The Kier molecular flexibility index (Phi) is 6.22. The van der Waals surface area contributed by atoms with Crippen molar-refractivity contribution in [3.63, 3.8) is 0 Å². The quantitative estimate of drug-likeness (QED) is 0.735. The highest BCUT2D eigenvalue weighted by Gasteiger charge is 2.23. The van der Waals surface area contributed by atoms with Gasteiger partial charge in [0.15, 0.2) is 0 Å². The van der Waals surface area contributed by atoms with E-state index in [1.54, 1.807) is 18.2 Å². The van der Waals surface area contributed by atoms with E-state index in [1.807, 2.05) is 4.90 Å².